The van der Waals surface area contributed by atoms with Crippen LogP contribution in [-0.2, 0) is 6.54 Å². The van der Waals surface area contributed by atoms with E-state index in [1.807, 2.05) is 72.5 Å². The fourth-order valence-electron chi connectivity index (χ4n) is 4.30. The van der Waals surface area contributed by atoms with Crippen LogP contribution >= 0.6 is 15.9 Å². The fraction of sp³-hybridized carbons (Fsp3) is 0.296. The van der Waals surface area contributed by atoms with E-state index in [4.69, 9.17) is 9.72 Å². The number of rotatable bonds is 6. The van der Waals surface area contributed by atoms with Crippen LogP contribution in [0.15, 0.2) is 65.1 Å². The Balaban J connectivity index is 1.44. The lowest BCUT2D eigenvalue weighted by Gasteiger charge is -2.32. The Kier molecular flexibility index (Phi) is 7.63. The first-order chi connectivity index (χ1) is 16.4. The van der Waals surface area contributed by atoms with Gasteiger partial charge in [0, 0.05) is 41.3 Å². The summed E-state index contributed by atoms with van der Waals surface area (Å²) in [5.41, 5.74) is 3.95. The van der Waals surface area contributed by atoms with E-state index in [0.29, 0.717) is 30.8 Å². The quantitative estimate of drug-likeness (QED) is 0.489. The van der Waals surface area contributed by atoms with Crippen LogP contribution in [0, 0.1) is 6.92 Å². The van der Waals surface area contributed by atoms with Crippen molar-refractivity contribution in [1.82, 2.24) is 15.2 Å². The number of piperidine rings is 1. The summed E-state index contributed by atoms with van der Waals surface area (Å²) in [4.78, 5) is 32.6. The number of carbonyl (C=O) groups is 2. The van der Waals surface area contributed by atoms with Gasteiger partial charge >= 0.3 is 0 Å². The molecule has 1 N–H and O–H groups in total. The molecular weight excluding hydrogens is 494 g/mol. The predicted molar refractivity (Wildman–Crippen MR) is 135 cm³/mol. The monoisotopic (exact) mass is 521 g/mol. The zero-order chi connectivity index (χ0) is 24.1. The van der Waals surface area contributed by atoms with Crippen molar-refractivity contribution in [2.24, 2.45) is 0 Å². The Morgan fingerprint density at radius 1 is 1.09 bits per heavy atom. The van der Waals surface area contributed by atoms with Gasteiger partial charge in [0.15, 0.2) is 0 Å². The number of likely N-dealkylation sites (tertiary alicyclic amines) is 1. The largest absolute Gasteiger partial charge is 0.497 e. The van der Waals surface area contributed by atoms with Gasteiger partial charge in [-0.05, 0) is 67.8 Å². The Morgan fingerprint density at radius 3 is 2.59 bits per heavy atom. The van der Waals surface area contributed by atoms with Crippen LogP contribution in [0.1, 0.15) is 56.4 Å². The molecule has 2 amide bonds. The molecular formula is C27H28BrN3O3. The Morgan fingerprint density at radius 2 is 1.85 bits per heavy atom. The van der Waals surface area contributed by atoms with Crippen LogP contribution < -0.4 is 10.1 Å². The van der Waals surface area contributed by atoms with Crippen molar-refractivity contribution in [3.63, 3.8) is 0 Å². The Bertz CT molecular complexity index is 1190. The number of nitrogens with zero attached hydrogens (tertiary/aromatic N) is 2. The van der Waals surface area contributed by atoms with Gasteiger partial charge in [0.2, 0.25) is 0 Å². The molecule has 1 fully saturated rings. The van der Waals surface area contributed by atoms with Crippen LogP contribution in [0.25, 0.3) is 0 Å². The number of hydrogen-bond donors (Lipinski definition) is 1. The standard InChI is InChI=1S/C27H28BrN3O3/c1-18-9-10-24(26(32)29-17-19-5-3-8-23(15-19)34-2)25(30-18)20-11-13-31(14-12-20)27(33)21-6-4-7-22(28)16-21/h3-10,15-16,20H,11-14,17H2,1-2H3,(H,29,32). The number of nitrogens with one attached hydrogen (secondary N) is 1. The van der Waals surface area contributed by atoms with Crippen LogP contribution in [0.3, 0.4) is 0 Å². The highest BCUT2D eigenvalue weighted by Crippen LogP contribution is 2.30. The lowest BCUT2D eigenvalue weighted by Crippen LogP contribution is -2.38. The molecule has 1 aromatic heterocycles. The van der Waals surface area contributed by atoms with Gasteiger partial charge in [-0.25, -0.2) is 0 Å². The molecule has 1 aliphatic rings. The van der Waals surface area contributed by atoms with Gasteiger partial charge in [-0.1, -0.05) is 34.1 Å². The maximum absolute atomic E-state index is 13.1. The molecule has 0 saturated carbocycles. The lowest BCUT2D eigenvalue weighted by atomic mass is 9.89. The molecule has 3 aromatic rings. The lowest BCUT2D eigenvalue weighted by molar-refractivity contribution is 0.0710. The van der Waals surface area contributed by atoms with Crippen molar-refractivity contribution in [3.8, 4) is 5.75 Å². The smallest absolute Gasteiger partial charge is 0.253 e. The van der Waals surface area contributed by atoms with Gasteiger partial charge in [0.1, 0.15) is 5.75 Å². The van der Waals surface area contributed by atoms with E-state index in [0.717, 1.165) is 40.0 Å². The number of aromatic nitrogens is 1. The minimum absolute atomic E-state index is 0.0354. The number of ether oxygens (including phenoxy) is 1. The number of carbonyl (C=O) groups excluding carboxylic acids is 2. The molecule has 2 aromatic carbocycles. The fourth-order valence-corrected chi connectivity index (χ4v) is 4.70. The third-order valence-electron chi connectivity index (χ3n) is 6.14. The van der Waals surface area contributed by atoms with E-state index in [-0.39, 0.29) is 17.7 Å². The molecule has 0 spiro atoms. The second kappa shape index (κ2) is 10.8. The van der Waals surface area contributed by atoms with Gasteiger partial charge in [-0.15, -0.1) is 0 Å². The van der Waals surface area contributed by atoms with Crippen molar-refractivity contribution < 1.29 is 14.3 Å². The van der Waals surface area contributed by atoms with Gasteiger partial charge in [-0.3, -0.25) is 14.6 Å². The maximum atomic E-state index is 13.1. The summed E-state index contributed by atoms with van der Waals surface area (Å²) in [7, 11) is 1.62. The van der Waals surface area contributed by atoms with Gasteiger partial charge in [-0.2, -0.15) is 0 Å². The normalized spacial score (nSPS) is 14.0. The molecule has 34 heavy (non-hydrogen) atoms. The van der Waals surface area contributed by atoms with Crippen molar-refractivity contribution in [1.29, 1.82) is 0 Å². The highest BCUT2D eigenvalue weighted by molar-refractivity contribution is 9.10. The van der Waals surface area contributed by atoms with E-state index < -0.39 is 0 Å². The minimum Gasteiger partial charge on any atom is -0.497 e. The molecule has 0 unspecified atom stereocenters. The highest BCUT2D eigenvalue weighted by atomic mass is 79.9. The summed E-state index contributed by atoms with van der Waals surface area (Å²) in [6.45, 7) is 3.61. The number of benzene rings is 2. The van der Waals surface area contributed by atoms with E-state index in [1.54, 1.807) is 7.11 Å². The van der Waals surface area contributed by atoms with Crippen molar-refractivity contribution in [3.05, 3.63) is 93.2 Å². The first-order valence-corrected chi connectivity index (χ1v) is 12.2. The molecule has 0 radical (unpaired) electrons. The molecule has 6 nitrogen and oxygen atoms in total. The molecule has 176 valence electrons. The van der Waals surface area contributed by atoms with Crippen LogP contribution in [0.4, 0.5) is 0 Å². The molecule has 0 atom stereocenters. The highest BCUT2D eigenvalue weighted by Gasteiger charge is 2.28. The Hall–Kier alpha value is -3.19. The second-order valence-electron chi connectivity index (χ2n) is 8.50. The van der Waals surface area contributed by atoms with Crippen LogP contribution in [0.2, 0.25) is 0 Å². The average Bonchev–Trinajstić information content (AvgIpc) is 2.87. The minimum atomic E-state index is -0.141. The van der Waals surface area contributed by atoms with E-state index >= 15 is 0 Å². The average molecular weight is 522 g/mol. The summed E-state index contributed by atoms with van der Waals surface area (Å²) in [5, 5.41) is 3.02. The van der Waals surface area contributed by atoms with Crippen LogP contribution in [0.5, 0.6) is 5.75 Å². The summed E-state index contributed by atoms with van der Waals surface area (Å²) in [6, 6.07) is 18.8. The van der Waals surface area contributed by atoms with Crippen molar-refractivity contribution >= 4 is 27.7 Å². The van der Waals surface area contributed by atoms with E-state index in [2.05, 4.69) is 21.2 Å². The van der Waals surface area contributed by atoms with Gasteiger partial charge in [0.05, 0.1) is 18.4 Å². The topological polar surface area (TPSA) is 71.5 Å². The third kappa shape index (κ3) is 5.65. The zero-order valence-corrected chi connectivity index (χ0v) is 21.0. The molecule has 0 aliphatic carbocycles. The van der Waals surface area contributed by atoms with Gasteiger partial charge < -0.3 is 15.0 Å². The molecule has 4 rings (SSSR count). The first kappa shape index (κ1) is 24.0. The molecule has 2 heterocycles. The number of pyridine rings is 1. The number of aryl methyl sites for hydroxylation is 1. The van der Waals surface area contributed by atoms with E-state index in [9.17, 15) is 9.59 Å². The molecule has 0 bridgehead atoms. The zero-order valence-electron chi connectivity index (χ0n) is 19.4. The number of amides is 2. The third-order valence-corrected chi connectivity index (χ3v) is 6.63. The number of hydrogen-bond acceptors (Lipinski definition) is 4. The van der Waals surface area contributed by atoms with Gasteiger partial charge in [0.25, 0.3) is 11.8 Å². The van der Waals surface area contributed by atoms with Crippen molar-refractivity contribution in [2.45, 2.75) is 32.2 Å². The summed E-state index contributed by atoms with van der Waals surface area (Å²) in [6.07, 6.45) is 1.54. The van der Waals surface area contributed by atoms with E-state index in [1.165, 1.54) is 0 Å². The molecule has 1 aliphatic heterocycles. The predicted octanol–water partition coefficient (Wildman–Crippen LogP) is 5.11. The van der Waals surface area contributed by atoms with Crippen molar-refractivity contribution in [2.75, 3.05) is 20.2 Å². The summed E-state index contributed by atoms with van der Waals surface area (Å²) in [5.74, 6) is 0.781. The number of methoxy groups -OCH3 is 1. The Labute approximate surface area is 208 Å². The van der Waals surface area contributed by atoms with Crippen LogP contribution in [-0.4, -0.2) is 41.9 Å². The second-order valence-corrected chi connectivity index (χ2v) is 9.41. The molecule has 1 saturated heterocycles. The SMILES string of the molecule is COc1cccc(CNC(=O)c2ccc(C)nc2C2CCN(C(=O)c3cccc(Br)c3)CC2)c1. The summed E-state index contributed by atoms with van der Waals surface area (Å²) >= 11 is 3.43. The molecule has 7 heteroatoms. The number of halogens is 1. The summed E-state index contributed by atoms with van der Waals surface area (Å²) < 4.78 is 6.15. The first-order valence-electron chi connectivity index (χ1n) is 11.4. The maximum Gasteiger partial charge on any atom is 0.253 e.